The van der Waals surface area contributed by atoms with Gasteiger partial charge in [-0.25, -0.2) is 0 Å². The van der Waals surface area contributed by atoms with Crippen molar-refractivity contribution in [2.24, 2.45) is 11.7 Å². The van der Waals surface area contributed by atoms with Gasteiger partial charge >= 0.3 is 0 Å². The van der Waals surface area contributed by atoms with Gasteiger partial charge in [0.2, 0.25) is 0 Å². The Labute approximate surface area is 81.2 Å². The predicted molar refractivity (Wildman–Crippen MR) is 54.7 cm³/mol. The van der Waals surface area contributed by atoms with Gasteiger partial charge in [-0.15, -0.1) is 0 Å². The zero-order valence-corrected chi connectivity index (χ0v) is 8.83. The molecule has 0 aromatic carbocycles. The summed E-state index contributed by atoms with van der Waals surface area (Å²) in [5, 5.41) is 0. The normalized spacial score (nSPS) is 29.5. The average Bonchev–Trinajstić information content (AvgIpc) is 2.15. The summed E-state index contributed by atoms with van der Waals surface area (Å²) in [6, 6.07) is 0.597. The molecule has 13 heavy (non-hydrogen) atoms. The summed E-state index contributed by atoms with van der Waals surface area (Å²) in [6.07, 6.45) is 3.60. The van der Waals surface area contributed by atoms with E-state index in [9.17, 15) is 0 Å². The number of likely N-dealkylation sites (N-methyl/N-ethyl adjacent to an activating group) is 1. The molecule has 1 aliphatic heterocycles. The van der Waals surface area contributed by atoms with Gasteiger partial charge in [0.25, 0.3) is 0 Å². The highest BCUT2D eigenvalue weighted by Crippen LogP contribution is 2.23. The average molecular weight is 186 g/mol. The van der Waals surface area contributed by atoms with Crippen LogP contribution in [0.2, 0.25) is 0 Å². The van der Waals surface area contributed by atoms with Gasteiger partial charge in [0.05, 0.1) is 6.61 Å². The van der Waals surface area contributed by atoms with Gasteiger partial charge in [-0.2, -0.15) is 0 Å². The molecule has 1 heterocycles. The van der Waals surface area contributed by atoms with E-state index in [2.05, 4.69) is 19.0 Å². The number of nitrogens with two attached hydrogens (primary N) is 1. The molecule has 2 N–H and O–H groups in total. The molecule has 0 aliphatic carbocycles. The maximum Gasteiger partial charge on any atom is 0.0624 e. The molecule has 1 rings (SSSR count). The molecular weight excluding hydrogens is 164 g/mol. The second kappa shape index (κ2) is 5.58. The van der Waals surface area contributed by atoms with Gasteiger partial charge in [0, 0.05) is 12.6 Å². The number of rotatable bonds is 4. The molecule has 0 aromatic rings. The summed E-state index contributed by atoms with van der Waals surface area (Å²) >= 11 is 0. The summed E-state index contributed by atoms with van der Waals surface area (Å²) < 4.78 is 5.48. The van der Waals surface area contributed by atoms with Crippen LogP contribution in [0.15, 0.2) is 0 Å². The Morgan fingerprint density at radius 2 is 2.23 bits per heavy atom. The highest BCUT2D eigenvalue weighted by molar-refractivity contribution is 4.79. The first kappa shape index (κ1) is 11.0. The molecule has 2 unspecified atom stereocenters. The Balaban J connectivity index is 2.37. The van der Waals surface area contributed by atoms with Crippen molar-refractivity contribution in [3.63, 3.8) is 0 Å². The smallest absolute Gasteiger partial charge is 0.0624 e. The van der Waals surface area contributed by atoms with Crippen LogP contribution in [0.3, 0.4) is 0 Å². The minimum atomic E-state index is 0.597. The first-order valence-corrected chi connectivity index (χ1v) is 5.20. The van der Waals surface area contributed by atoms with E-state index in [1.165, 1.54) is 12.8 Å². The monoisotopic (exact) mass is 186 g/mol. The van der Waals surface area contributed by atoms with Crippen LogP contribution in [0.1, 0.15) is 19.3 Å². The van der Waals surface area contributed by atoms with Crippen molar-refractivity contribution in [2.75, 3.05) is 33.9 Å². The van der Waals surface area contributed by atoms with Crippen LogP contribution in [-0.2, 0) is 4.74 Å². The minimum Gasteiger partial charge on any atom is -0.380 e. The second-order valence-corrected chi connectivity index (χ2v) is 4.09. The lowest BCUT2D eigenvalue weighted by molar-refractivity contribution is -0.00353. The van der Waals surface area contributed by atoms with Crippen LogP contribution in [0.25, 0.3) is 0 Å². The largest absolute Gasteiger partial charge is 0.380 e. The van der Waals surface area contributed by atoms with Gasteiger partial charge < -0.3 is 15.4 Å². The molecule has 0 spiro atoms. The highest BCUT2D eigenvalue weighted by atomic mass is 16.5. The molecule has 0 saturated carbocycles. The Morgan fingerprint density at radius 1 is 1.46 bits per heavy atom. The molecule has 0 aromatic heterocycles. The molecular formula is C10H22N2O. The molecule has 1 saturated heterocycles. The molecule has 3 heteroatoms. The standard InChI is InChI=1S/C10H22N2O/c1-12(2)10-8-13-7-5-9(10)4-3-6-11/h9-10H,3-8,11H2,1-2H3. The van der Waals surface area contributed by atoms with Crippen LogP contribution in [0.4, 0.5) is 0 Å². The lowest BCUT2D eigenvalue weighted by atomic mass is 9.89. The van der Waals surface area contributed by atoms with Crippen LogP contribution >= 0.6 is 0 Å². The fourth-order valence-electron chi connectivity index (χ4n) is 2.05. The molecule has 0 bridgehead atoms. The molecule has 2 atom stereocenters. The van der Waals surface area contributed by atoms with Crippen molar-refractivity contribution in [3.05, 3.63) is 0 Å². The van der Waals surface area contributed by atoms with E-state index in [0.29, 0.717) is 6.04 Å². The van der Waals surface area contributed by atoms with E-state index in [-0.39, 0.29) is 0 Å². The zero-order chi connectivity index (χ0) is 9.68. The lowest BCUT2D eigenvalue weighted by Crippen LogP contribution is -2.43. The van der Waals surface area contributed by atoms with Gasteiger partial charge in [-0.05, 0) is 45.8 Å². The van der Waals surface area contributed by atoms with Crippen molar-refractivity contribution in [1.82, 2.24) is 4.90 Å². The Hall–Kier alpha value is -0.120. The van der Waals surface area contributed by atoms with E-state index >= 15 is 0 Å². The number of ether oxygens (including phenoxy) is 1. The van der Waals surface area contributed by atoms with Crippen LogP contribution < -0.4 is 5.73 Å². The van der Waals surface area contributed by atoms with E-state index in [1.807, 2.05) is 0 Å². The molecule has 3 nitrogen and oxygen atoms in total. The summed E-state index contributed by atoms with van der Waals surface area (Å²) in [7, 11) is 4.27. The van der Waals surface area contributed by atoms with E-state index in [1.54, 1.807) is 0 Å². The minimum absolute atomic E-state index is 0.597. The topological polar surface area (TPSA) is 38.5 Å². The third-order valence-electron chi connectivity index (χ3n) is 2.91. The summed E-state index contributed by atoms with van der Waals surface area (Å²) in [4.78, 5) is 2.28. The van der Waals surface area contributed by atoms with Crippen LogP contribution in [-0.4, -0.2) is 44.8 Å². The summed E-state index contributed by atoms with van der Waals surface area (Å²) in [6.45, 7) is 2.64. The summed E-state index contributed by atoms with van der Waals surface area (Å²) in [5.41, 5.74) is 5.52. The zero-order valence-electron chi connectivity index (χ0n) is 8.83. The van der Waals surface area contributed by atoms with Crippen LogP contribution in [0, 0.1) is 5.92 Å². The number of nitrogens with zero attached hydrogens (tertiary/aromatic N) is 1. The third kappa shape index (κ3) is 3.25. The van der Waals surface area contributed by atoms with Crippen molar-refractivity contribution in [1.29, 1.82) is 0 Å². The van der Waals surface area contributed by atoms with Gasteiger partial charge in [-0.3, -0.25) is 0 Å². The van der Waals surface area contributed by atoms with E-state index < -0.39 is 0 Å². The molecule has 1 fully saturated rings. The fourth-order valence-corrected chi connectivity index (χ4v) is 2.05. The maximum atomic E-state index is 5.52. The number of hydrogen-bond donors (Lipinski definition) is 1. The van der Waals surface area contributed by atoms with E-state index in [4.69, 9.17) is 10.5 Å². The number of hydrogen-bond acceptors (Lipinski definition) is 3. The lowest BCUT2D eigenvalue weighted by Gasteiger charge is -2.36. The van der Waals surface area contributed by atoms with Crippen molar-refractivity contribution >= 4 is 0 Å². The van der Waals surface area contributed by atoms with Gasteiger partial charge in [0.1, 0.15) is 0 Å². The molecule has 78 valence electrons. The second-order valence-electron chi connectivity index (χ2n) is 4.09. The van der Waals surface area contributed by atoms with Crippen molar-refractivity contribution in [3.8, 4) is 0 Å². The Morgan fingerprint density at radius 3 is 2.85 bits per heavy atom. The quantitative estimate of drug-likeness (QED) is 0.702. The molecule has 0 radical (unpaired) electrons. The van der Waals surface area contributed by atoms with Gasteiger partial charge in [0.15, 0.2) is 0 Å². The van der Waals surface area contributed by atoms with Crippen molar-refractivity contribution in [2.45, 2.75) is 25.3 Å². The Bertz CT molecular complexity index is 139. The SMILES string of the molecule is CN(C)C1COCCC1CCCN. The summed E-state index contributed by atoms with van der Waals surface area (Å²) in [5.74, 6) is 0.785. The first-order valence-electron chi connectivity index (χ1n) is 5.20. The van der Waals surface area contributed by atoms with E-state index in [0.717, 1.165) is 32.1 Å². The Kier molecular flexibility index (Phi) is 4.70. The fraction of sp³-hybridized carbons (Fsp3) is 1.00. The molecule has 1 aliphatic rings. The van der Waals surface area contributed by atoms with Crippen molar-refractivity contribution < 1.29 is 4.74 Å². The molecule has 0 amide bonds. The predicted octanol–water partition coefficient (Wildman–Crippen LogP) is 0.692. The van der Waals surface area contributed by atoms with Gasteiger partial charge in [-0.1, -0.05) is 0 Å². The van der Waals surface area contributed by atoms with Crippen LogP contribution in [0.5, 0.6) is 0 Å². The third-order valence-corrected chi connectivity index (χ3v) is 2.91. The maximum absolute atomic E-state index is 5.52. The first-order chi connectivity index (χ1) is 6.25. The highest BCUT2D eigenvalue weighted by Gasteiger charge is 2.26.